The third-order valence-corrected chi connectivity index (χ3v) is 9.84. The lowest BCUT2D eigenvalue weighted by Crippen LogP contribution is -2.36. The highest BCUT2D eigenvalue weighted by Gasteiger charge is 2.47. The Labute approximate surface area is 287 Å². The molecule has 1 aliphatic carbocycles. The first kappa shape index (κ1) is 28.9. The number of aliphatic imine (C=N–C) groups is 2. The minimum Gasteiger partial charge on any atom is -0.324 e. The summed E-state index contributed by atoms with van der Waals surface area (Å²) >= 11 is 0. The first-order chi connectivity index (χ1) is 24.3. The highest BCUT2D eigenvalue weighted by Crippen LogP contribution is 2.57. The lowest BCUT2D eigenvalue weighted by molar-refractivity contribution is 0.755. The minimum atomic E-state index is -0.483. The van der Waals surface area contributed by atoms with Gasteiger partial charge in [0.25, 0.3) is 0 Å². The van der Waals surface area contributed by atoms with Crippen LogP contribution in [0.1, 0.15) is 45.1 Å². The second-order valence-corrected chi connectivity index (χ2v) is 12.6. The lowest BCUT2D eigenvalue weighted by Gasteiger charge is -2.34. The van der Waals surface area contributed by atoms with Crippen molar-refractivity contribution >= 4 is 11.7 Å². The Kier molecular flexibility index (Phi) is 7.09. The molecule has 1 aliphatic heterocycles. The van der Waals surface area contributed by atoms with E-state index >= 15 is 0 Å². The van der Waals surface area contributed by atoms with Crippen LogP contribution >= 0.6 is 0 Å². The summed E-state index contributed by atoms with van der Waals surface area (Å²) in [5.41, 5.74) is 12.4. The summed E-state index contributed by atoms with van der Waals surface area (Å²) in [5.74, 6) is 1.62. The molecule has 3 heteroatoms. The summed E-state index contributed by atoms with van der Waals surface area (Å²) in [6.07, 6.45) is -0.406. The van der Waals surface area contributed by atoms with Crippen molar-refractivity contribution in [1.29, 1.82) is 0 Å². The Morgan fingerprint density at radius 1 is 0.388 bits per heavy atom. The molecule has 0 amide bonds. The van der Waals surface area contributed by atoms with Crippen LogP contribution in [-0.2, 0) is 5.41 Å². The number of rotatable bonds is 6. The maximum atomic E-state index is 5.36. The number of fused-ring (bicyclic) bond motifs is 3. The normalized spacial score (nSPS) is 15.7. The van der Waals surface area contributed by atoms with Crippen molar-refractivity contribution in [1.82, 2.24) is 5.32 Å². The maximum Gasteiger partial charge on any atom is 0.169 e. The first-order valence-electron chi connectivity index (χ1n) is 16.8. The standard InChI is InChI=1S/C46H33N3/c1-5-16-32(17-6-1)33-28-30-35(31-29-33)44-47-43(34-18-7-2-8-19-34)48-45(49-44)39-25-15-27-41-42(39)38-24-13-14-26-40(38)46(41,36-20-9-3-10-21-36)37-22-11-4-12-23-37/h1-31,44H,(H,47,48,49). The van der Waals surface area contributed by atoms with Gasteiger partial charge in [0, 0.05) is 11.1 Å². The third-order valence-electron chi connectivity index (χ3n) is 9.84. The number of nitrogens with one attached hydrogen (secondary N) is 1. The van der Waals surface area contributed by atoms with Crippen LogP contribution in [0.4, 0.5) is 0 Å². The molecular weight excluding hydrogens is 595 g/mol. The fourth-order valence-corrected chi connectivity index (χ4v) is 7.65. The van der Waals surface area contributed by atoms with Crippen LogP contribution in [0.15, 0.2) is 198 Å². The number of nitrogens with zero attached hydrogens (tertiary/aromatic N) is 2. The van der Waals surface area contributed by atoms with Gasteiger partial charge in [0.1, 0.15) is 11.7 Å². The molecule has 7 aromatic rings. The number of benzene rings is 7. The molecule has 0 saturated carbocycles. The van der Waals surface area contributed by atoms with Gasteiger partial charge in [0.15, 0.2) is 6.17 Å². The van der Waals surface area contributed by atoms with E-state index in [-0.39, 0.29) is 0 Å². The van der Waals surface area contributed by atoms with Gasteiger partial charge in [-0.15, -0.1) is 0 Å². The van der Waals surface area contributed by atoms with Gasteiger partial charge < -0.3 is 5.32 Å². The summed E-state index contributed by atoms with van der Waals surface area (Å²) in [7, 11) is 0. The van der Waals surface area contributed by atoms with E-state index in [9.17, 15) is 0 Å². The van der Waals surface area contributed by atoms with Crippen molar-refractivity contribution < 1.29 is 0 Å². The van der Waals surface area contributed by atoms with E-state index in [1.54, 1.807) is 0 Å². The molecule has 3 nitrogen and oxygen atoms in total. The summed E-state index contributed by atoms with van der Waals surface area (Å²) in [5, 5.41) is 3.69. The van der Waals surface area contributed by atoms with Gasteiger partial charge in [-0.3, -0.25) is 0 Å². The van der Waals surface area contributed by atoms with Crippen LogP contribution in [0.5, 0.6) is 0 Å². The maximum absolute atomic E-state index is 5.36. The zero-order chi connectivity index (χ0) is 32.6. The zero-order valence-corrected chi connectivity index (χ0v) is 26.9. The molecule has 0 spiro atoms. The highest BCUT2D eigenvalue weighted by molar-refractivity contribution is 6.18. The van der Waals surface area contributed by atoms with E-state index in [4.69, 9.17) is 9.98 Å². The second kappa shape index (κ2) is 12.0. The van der Waals surface area contributed by atoms with Crippen molar-refractivity contribution in [2.45, 2.75) is 11.6 Å². The third kappa shape index (κ3) is 4.82. The van der Waals surface area contributed by atoms with Crippen molar-refractivity contribution in [3.05, 3.63) is 227 Å². The van der Waals surface area contributed by atoms with E-state index < -0.39 is 11.6 Å². The van der Waals surface area contributed by atoms with Crippen LogP contribution in [0.2, 0.25) is 0 Å². The molecule has 1 N–H and O–H groups in total. The predicted molar refractivity (Wildman–Crippen MR) is 201 cm³/mol. The van der Waals surface area contributed by atoms with Gasteiger partial charge >= 0.3 is 0 Å². The van der Waals surface area contributed by atoms with E-state index in [1.165, 1.54) is 44.5 Å². The average molecular weight is 628 g/mol. The van der Waals surface area contributed by atoms with Crippen LogP contribution < -0.4 is 5.32 Å². The molecule has 1 unspecified atom stereocenters. The van der Waals surface area contributed by atoms with Crippen LogP contribution in [0.25, 0.3) is 22.3 Å². The van der Waals surface area contributed by atoms with Crippen LogP contribution in [-0.4, -0.2) is 11.7 Å². The summed E-state index contributed by atoms with van der Waals surface area (Å²) in [6.45, 7) is 0. The molecule has 0 fully saturated rings. The van der Waals surface area contributed by atoms with Crippen molar-refractivity contribution in [2.24, 2.45) is 9.98 Å². The molecular formula is C46H33N3. The molecule has 49 heavy (non-hydrogen) atoms. The Balaban J connectivity index is 1.24. The topological polar surface area (TPSA) is 36.8 Å². The van der Waals surface area contributed by atoms with Crippen LogP contribution in [0.3, 0.4) is 0 Å². The Bertz CT molecular complexity index is 2290. The molecule has 9 rings (SSSR count). The number of hydrogen-bond donors (Lipinski definition) is 1. The van der Waals surface area contributed by atoms with Gasteiger partial charge in [0.05, 0.1) is 5.41 Å². The molecule has 7 aromatic carbocycles. The van der Waals surface area contributed by atoms with Crippen LogP contribution in [0, 0.1) is 0 Å². The summed E-state index contributed by atoms with van der Waals surface area (Å²) < 4.78 is 0. The molecule has 0 aromatic heterocycles. The largest absolute Gasteiger partial charge is 0.324 e. The molecule has 0 radical (unpaired) electrons. The molecule has 0 saturated heterocycles. The second-order valence-electron chi connectivity index (χ2n) is 12.6. The average Bonchev–Trinajstić information content (AvgIpc) is 3.50. The van der Waals surface area contributed by atoms with Gasteiger partial charge in [-0.25, -0.2) is 9.98 Å². The predicted octanol–water partition coefficient (Wildman–Crippen LogP) is 10.2. The molecule has 0 bridgehead atoms. The van der Waals surface area contributed by atoms with Gasteiger partial charge in [0.2, 0.25) is 0 Å². The van der Waals surface area contributed by atoms with Crippen molar-refractivity contribution in [3.8, 4) is 22.3 Å². The summed E-state index contributed by atoms with van der Waals surface area (Å²) in [4.78, 5) is 10.5. The van der Waals surface area contributed by atoms with Gasteiger partial charge in [-0.2, -0.15) is 0 Å². The lowest BCUT2D eigenvalue weighted by atomic mass is 9.67. The van der Waals surface area contributed by atoms with E-state index in [2.05, 4.69) is 181 Å². The van der Waals surface area contributed by atoms with Crippen molar-refractivity contribution in [3.63, 3.8) is 0 Å². The highest BCUT2D eigenvalue weighted by atomic mass is 15.2. The Morgan fingerprint density at radius 3 is 1.53 bits per heavy atom. The monoisotopic (exact) mass is 627 g/mol. The SMILES string of the molecule is c1ccc(C2=NC(c3ccc(-c4ccccc4)cc3)N=C(c3cccc4c3-c3ccccc3C4(c3ccccc3)c3ccccc3)N2)cc1. The van der Waals surface area contributed by atoms with E-state index in [0.29, 0.717) is 0 Å². The fourth-order valence-electron chi connectivity index (χ4n) is 7.65. The smallest absolute Gasteiger partial charge is 0.169 e. The Hall–Kier alpha value is -6.32. The van der Waals surface area contributed by atoms with E-state index in [0.717, 1.165) is 28.4 Å². The number of amidine groups is 2. The van der Waals surface area contributed by atoms with E-state index in [1.807, 2.05) is 12.1 Å². The van der Waals surface area contributed by atoms with Gasteiger partial charge in [-0.05, 0) is 50.1 Å². The Morgan fingerprint density at radius 2 is 0.878 bits per heavy atom. The fraction of sp³-hybridized carbons (Fsp3) is 0.0435. The molecule has 2 aliphatic rings. The number of hydrogen-bond acceptors (Lipinski definition) is 3. The summed E-state index contributed by atoms with van der Waals surface area (Å²) in [6, 6.07) is 66.9. The quantitative estimate of drug-likeness (QED) is 0.196. The zero-order valence-electron chi connectivity index (χ0n) is 26.9. The van der Waals surface area contributed by atoms with Gasteiger partial charge in [-0.1, -0.05) is 188 Å². The molecule has 232 valence electrons. The first-order valence-corrected chi connectivity index (χ1v) is 16.8. The van der Waals surface area contributed by atoms with Crippen molar-refractivity contribution in [2.75, 3.05) is 0 Å². The molecule has 1 atom stereocenters. The minimum absolute atomic E-state index is 0.406. The molecule has 1 heterocycles.